The predicted octanol–water partition coefficient (Wildman–Crippen LogP) is 2.00. The molecule has 1 atom stereocenters. The molecule has 0 aliphatic heterocycles. The summed E-state index contributed by atoms with van der Waals surface area (Å²) in [4.78, 5) is 3.40. The highest BCUT2D eigenvalue weighted by atomic mass is 35.5. The molecule has 0 aliphatic carbocycles. The Morgan fingerprint density at radius 3 is 2.70 bits per heavy atom. The molecule has 1 aromatic carbocycles. The smallest absolute Gasteiger partial charge is 0.416 e. The Morgan fingerprint density at radius 2 is 2.20 bits per heavy atom. The molecule has 0 bridgehead atoms. The van der Waals surface area contributed by atoms with Crippen LogP contribution in [0.5, 0.6) is 5.75 Å². The van der Waals surface area contributed by atoms with Crippen molar-refractivity contribution in [3.8, 4) is 5.75 Å². The van der Waals surface area contributed by atoms with Gasteiger partial charge in [-0.25, -0.2) is 0 Å². The van der Waals surface area contributed by atoms with E-state index in [4.69, 9.17) is 27.2 Å². The van der Waals surface area contributed by atoms with E-state index in [9.17, 15) is 13.2 Å². The summed E-state index contributed by atoms with van der Waals surface area (Å²) in [5.74, 6) is 0.176. The lowest BCUT2D eigenvalue weighted by Crippen LogP contribution is -2.33. The largest absolute Gasteiger partial charge is 0.495 e. The van der Waals surface area contributed by atoms with Crippen LogP contribution in [0.15, 0.2) is 23.2 Å². The number of aliphatic hydroxyl groups is 1. The molecule has 4 N–H and O–H groups in total. The van der Waals surface area contributed by atoms with Gasteiger partial charge in [0, 0.05) is 5.69 Å². The summed E-state index contributed by atoms with van der Waals surface area (Å²) in [6.45, 7) is -0.883. The summed E-state index contributed by atoms with van der Waals surface area (Å²) in [6, 6.07) is 4.60. The molecule has 0 saturated heterocycles. The summed E-state index contributed by atoms with van der Waals surface area (Å²) in [6.07, 6.45) is -7.28. The van der Waals surface area contributed by atoms with E-state index in [1.165, 1.54) is 13.2 Å². The van der Waals surface area contributed by atoms with Gasteiger partial charge in [0.2, 0.25) is 0 Å². The van der Waals surface area contributed by atoms with Crippen LogP contribution in [0.25, 0.3) is 0 Å². The van der Waals surface area contributed by atoms with Gasteiger partial charge in [-0.3, -0.25) is 4.99 Å². The molecule has 0 heterocycles. The highest BCUT2D eigenvalue weighted by molar-refractivity contribution is 6.32. The Bertz CT molecular complexity index is 494. The van der Waals surface area contributed by atoms with Crippen molar-refractivity contribution in [1.82, 2.24) is 0 Å². The van der Waals surface area contributed by atoms with Crippen LogP contribution in [0.3, 0.4) is 0 Å². The number of halogens is 4. The topological polar surface area (TPSA) is 79.9 Å². The first-order chi connectivity index (χ1) is 9.24. The van der Waals surface area contributed by atoms with Crippen LogP contribution in [0.2, 0.25) is 5.02 Å². The Hall–Kier alpha value is -1.67. The SMILES string of the molecule is COc1ccc(NC(N)=NCC(O)C(F)(F)F)cc1Cl. The molecular weight excluding hydrogens is 299 g/mol. The van der Waals surface area contributed by atoms with Crippen molar-refractivity contribution in [1.29, 1.82) is 0 Å². The fourth-order valence-electron chi connectivity index (χ4n) is 1.22. The Labute approximate surface area is 118 Å². The predicted molar refractivity (Wildman–Crippen MR) is 70.2 cm³/mol. The molecule has 5 nitrogen and oxygen atoms in total. The van der Waals surface area contributed by atoms with Crippen molar-refractivity contribution in [2.24, 2.45) is 10.7 Å². The summed E-state index contributed by atoms with van der Waals surface area (Å²) >= 11 is 5.87. The second kappa shape index (κ2) is 6.67. The van der Waals surface area contributed by atoms with Gasteiger partial charge in [-0.15, -0.1) is 0 Å². The molecule has 0 aliphatic rings. The molecule has 0 radical (unpaired) electrons. The lowest BCUT2D eigenvalue weighted by molar-refractivity contribution is -0.199. The van der Waals surface area contributed by atoms with E-state index >= 15 is 0 Å². The molecule has 0 amide bonds. The summed E-state index contributed by atoms with van der Waals surface area (Å²) < 4.78 is 41.1. The second-order valence-electron chi connectivity index (χ2n) is 3.76. The zero-order valence-corrected chi connectivity index (χ0v) is 11.2. The molecule has 1 unspecified atom stereocenters. The fraction of sp³-hybridized carbons (Fsp3) is 0.364. The maximum atomic E-state index is 12.1. The number of methoxy groups -OCH3 is 1. The van der Waals surface area contributed by atoms with Crippen LogP contribution in [0.1, 0.15) is 0 Å². The van der Waals surface area contributed by atoms with Crippen LogP contribution in [0, 0.1) is 0 Å². The summed E-state index contributed by atoms with van der Waals surface area (Å²) in [5.41, 5.74) is 5.83. The van der Waals surface area contributed by atoms with Crippen molar-refractivity contribution in [2.75, 3.05) is 19.0 Å². The van der Waals surface area contributed by atoms with E-state index < -0.39 is 18.8 Å². The second-order valence-corrected chi connectivity index (χ2v) is 4.16. The van der Waals surface area contributed by atoms with Crippen LogP contribution < -0.4 is 15.8 Å². The Balaban J connectivity index is 2.66. The summed E-state index contributed by atoms with van der Waals surface area (Å²) in [5, 5.41) is 11.6. The van der Waals surface area contributed by atoms with Crippen LogP contribution in [0.4, 0.5) is 18.9 Å². The number of guanidine groups is 1. The number of aliphatic imine (C=N–C) groups is 1. The van der Waals surface area contributed by atoms with Gasteiger partial charge >= 0.3 is 6.18 Å². The number of nitrogens with one attached hydrogen (secondary N) is 1. The maximum Gasteiger partial charge on any atom is 0.416 e. The van der Waals surface area contributed by atoms with Crippen molar-refractivity contribution in [3.63, 3.8) is 0 Å². The molecular formula is C11H13ClF3N3O2. The molecule has 9 heteroatoms. The quantitative estimate of drug-likeness (QED) is 0.587. The van der Waals surface area contributed by atoms with E-state index in [0.717, 1.165) is 0 Å². The first-order valence-electron chi connectivity index (χ1n) is 5.39. The standard InChI is InChI=1S/C11H13ClF3N3O2/c1-20-8-3-2-6(4-7(8)12)18-10(16)17-5-9(19)11(13,14)15/h2-4,9,19H,5H2,1H3,(H3,16,17,18). The van der Waals surface area contributed by atoms with Gasteiger partial charge in [0.05, 0.1) is 18.7 Å². The van der Waals surface area contributed by atoms with E-state index in [0.29, 0.717) is 16.5 Å². The van der Waals surface area contributed by atoms with Gasteiger partial charge in [0.1, 0.15) is 5.75 Å². The number of ether oxygens (including phenoxy) is 1. The van der Waals surface area contributed by atoms with Gasteiger partial charge in [0.15, 0.2) is 12.1 Å². The molecule has 112 valence electrons. The van der Waals surface area contributed by atoms with Crippen molar-refractivity contribution < 1.29 is 23.0 Å². The minimum absolute atomic E-state index is 0.269. The minimum Gasteiger partial charge on any atom is -0.495 e. The number of hydrogen-bond acceptors (Lipinski definition) is 3. The highest BCUT2D eigenvalue weighted by Gasteiger charge is 2.37. The number of rotatable bonds is 4. The third-order valence-corrected chi connectivity index (χ3v) is 2.53. The Morgan fingerprint density at radius 1 is 1.55 bits per heavy atom. The van der Waals surface area contributed by atoms with Crippen molar-refractivity contribution >= 4 is 23.2 Å². The van der Waals surface area contributed by atoms with Crippen LogP contribution >= 0.6 is 11.6 Å². The van der Waals surface area contributed by atoms with Crippen LogP contribution in [-0.4, -0.2) is 37.0 Å². The molecule has 0 saturated carbocycles. The zero-order chi connectivity index (χ0) is 15.3. The molecule has 20 heavy (non-hydrogen) atoms. The van der Waals surface area contributed by atoms with Gasteiger partial charge in [-0.1, -0.05) is 11.6 Å². The monoisotopic (exact) mass is 311 g/mol. The van der Waals surface area contributed by atoms with E-state index in [1.807, 2.05) is 0 Å². The molecule has 0 aromatic heterocycles. The summed E-state index contributed by atoms with van der Waals surface area (Å²) in [7, 11) is 1.45. The van der Waals surface area contributed by atoms with E-state index in [2.05, 4.69) is 10.3 Å². The van der Waals surface area contributed by atoms with Crippen molar-refractivity contribution in [3.05, 3.63) is 23.2 Å². The molecule has 1 aromatic rings. The van der Waals surface area contributed by atoms with Gasteiger partial charge in [0.25, 0.3) is 0 Å². The number of nitrogens with two attached hydrogens (primary N) is 1. The average Bonchev–Trinajstić information content (AvgIpc) is 2.35. The Kier molecular flexibility index (Phi) is 5.46. The maximum absolute atomic E-state index is 12.1. The number of aliphatic hydroxyl groups excluding tert-OH is 1. The molecule has 1 rings (SSSR count). The van der Waals surface area contributed by atoms with E-state index in [1.54, 1.807) is 12.1 Å². The highest BCUT2D eigenvalue weighted by Crippen LogP contribution is 2.27. The lowest BCUT2D eigenvalue weighted by atomic mass is 10.3. The number of anilines is 1. The minimum atomic E-state index is -4.73. The van der Waals surface area contributed by atoms with Gasteiger partial charge in [-0.2, -0.15) is 13.2 Å². The molecule has 0 spiro atoms. The van der Waals surface area contributed by atoms with Gasteiger partial charge in [-0.05, 0) is 18.2 Å². The number of alkyl halides is 3. The zero-order valence-electron chi connectivity index (χ0n) is 10.4. The first-order valence-corrected chi connectivity index (χ1v) is 5.77. The number of hydrogen-bond donors (Lipinski definition) is 3. The molecule has 0 fully saturated rings. The van der Waals surface area contributed by atoms with Gasteiger partial charge < -0.3 is 20.9 Å². The normalized spacial score (nSPS) is 14.0. The number of nitrogens with zero attached hydrogens (tertiary/aromatic N) is 1. The van der Waals surface area contributed by atoms with Crippen molar-refractivity contribution in [2.45, 2.75) is 12.3 Å². The number of benzene rings is 1. The average molecular weight is 312 g/mol. The first kappa shape index (κ1) is 16.4. The third-order valence-electron chi connectivity index (χ3n) is 2.24. The van der Waals surface area contributed by atoms with E-state index in [-0.39, 0.29) is 5.96 Å². The third kappa shape index (κ3) is 4.78. The lowest BCUT2D eigenvalue weighted by Gasteiger charge is -2.13. The fourth-order valence-corrected chi connectivity index (χ4v) is 1.48. The van der Waals surface area contributed by atoms with Crippen LogP contribution in [-0.2, 0) is 0 Å².